The minimum Gasteiger partial charge on any atom is -0.376 e. The van der Waals surface area contributed by atoms with Crippen molar-refractivity contribution in [3.8, 4) is 0 Å². The molecular formula is C17H40O13S10. The first kappa shape index (κ1) is 46.1. The second-order valence-corrected chi connectivity index (χ2v) is 27.2. The van der Waals surface area contributed by atoms with Crippen molar-refractivity contribution in [2.45, 2.75) is 19.6 Å². The van der Waals surface area contributed by atoms with Gasteiger partial charge in [-0.05, 0) is 55.7 Å². The fraction of sp³-hybridized carbons (Fsp3) is 1.00. The van der Waals surface area contributed by atoms with Crippen molar-refractivity contribution in [1.82, 2.24) is 0 Å². The van der Waals surface area contributed by atoms with E-state index in [1.54, 1.807) is 21.6 Å². The molecule has 0 bridgehead atoms. The maximum atomic E-state index is 11.3. The summed E-state index contributed by atoms with van der Waals surface area (Å²) in [6.45, 7) is -0.371. The van der Waals surface area contributed by atoms with Crippen LogP contribution in [0.3, 0.4) is 0 Å². The van der Waals surface area contributed by atoms with E-state index in [-0.39, 0.29) is 57.6 Å². The monoisotopic (exact) mass is 772 g/mol. The Hall–Kier alpha value is 1.70. The molecule has 0 saturated carbocycles. The average molecular weight is 773 g/mol. The summed E-state index contributed by atoms with van der Waals surface area (Å²) in [6, 6.07) is 0. The van der Waals surface area contributed by atoms with Gasteiger partial charge in [0.25, 0.3) is 0 Å². The lowest BCUT2D eigenvalue weighted by Crippen LogP contribution is -2.31. The van der Waals surface area contributed by atoms with E-state index in [1.165, 1.54) is 0 Å². The third-order valence-corrected chi connectivity index (χ3v) is 13.5. The molecular weight excluding hydrogens is 733 g/mol. The SMILES string of the molecule is C.CS(=O)(=O)SCOCC(COCC(COCSS(C)(=O)=O)OCSS(C)(=O)=O)OCSS(C)(=O)=O.CSSC. The van der Waals surface area contributed by atoms with E-state index in [4.69, 9.17) is 23.7 Å². The van der Waals surface area contributed by atoms with Crippen LogP contribution in [0.25, 0.3) is 0 Å². The van der Waals surface area contributed by atoms with Crippen molar-refractivity contribution in [3.05, 3.63) is 0 Å². The van der Waals surface area contributed by atoms with Crippen molar-refractivity contribution in [2.75, 3.05) is 87.7 Å². The lowest BCUT2D eigenvalue weighted by Gasteiger charge is -2.21. The summed E-state index contributed by atoms with van der Waals surface area (Å²) in [4.78, 5) is 0. The first-order chi connectivity index (χ1) is 17.8. The molecule has 246 valence electrons. The molecule has 0 rings (SSSR count). The van der Waals surface area contributed by atoms with Gasteiger partial charge in [0.05, 0.1) is 26.4 Å². The van der Waals surface area contributed by atoms with Crippen molar-refractivity contribution in [2.24, 2.45) is 0 Å². The molecule has 2 atom stereocenters. The molecule has 0 spiro atoms. The smallest absolute Gasteiger partial charge is 0.200 e. The van der Waals surface area contributed by atoms with E-state index < -0.39 is 47.7 Å². The fourth-order valence-electron chi connectivity index (χ4n) is 1.64. The minimum absolute atomic E-state index is 0. The van der Waals surface area contributed by atoms with Gasteiger partial charge in [0, 0.05) is 25.0 Å². The molecule has 0 aliphatic carbocycles. The van der Waals surface area contributed by atoms with E-state index in [9.17, 15) is 33.7 Å². The zero-order valence-corrected chi connectivity index (χ0v) is 30.4. The quantitative estimate of drug-likeness (QED) is 0.0839. The molecule has 0 saturated heterocycles. The second kappa shape index (κ2) is 25.0. The van der Waals surface area contributed by atoms with Crippen LogP contribution in [-0.2, 0) is 59.2 Å². The van der Waals surface area contributed by atoms with Gasteiger partial charge in [0.1, 0.15) is 36.0 Å². The van der Waals surface area contributed by atoms with Gasteiger partial charge in [0.2, 0.25) is 35.5 Å². The first-order valence-corrected chi connectivity index (χ1v) is 26.7. The van der Waals surface area contributed by atoms with Crippen LogP contribution >= 0.6 is 64.8 Å². The fourth-order valence-corrected chi connectivity index (χ4v) is 6.01. The summed E-state index contributed by atoms with van der Waals surface area (Å²) in [7, 11) is -7.50. The topological polar surface area (TPSA) is 183 Å². The van der Waals surface area contributed by atoms with Gasteiger partial charge < -0.3 is 23.7 Å². The highest BCUT2D eigenvalue weighted by Crippen LogP contribution is 2.15. The van der Waals surface area contributed by atoms with Crippen molar-refractivity contribution >= 4 is 100 Å². The number of hydrogen-bond acceptors (Lipinski definition) is 19. The van der Waals surface area contributed by atoms with Crippen LogP contribution in [-0.4, -0.2) is 134 Å². The normalized spacial score (nSPS) is 14.1. The van der Waals surface area contributed by atoms with Gasteiger partial charge in [0.15, 0.2) is 0 Å². The number of rotatable bonds is 23. The van der Waals surface area contributed by atoms with Gasteiger partial charge in [-0.1, -0.05) is 29.0 Å². The standard InChI is InChI=1S/C14H30O13S8.C2H6S2.CH4/c1-32(15,16)28-9-24-7-13(26-11-30-34(3,19)20)5-23-6-14(27-12-31-35(4,21)22)8-25-10-29-33(2,17)18;1-3-4-2;/h13-14H,5-12H2,1-4H3;1-2H3;1H4. The van der Waals surface area contributed by atoms with E-state index in [0.717, 1.165) is 25.0 Å². The van der Waals surface area contributed by atoms with Crippen LogP contribution in [0, 0.1) is 0 Å². The Labute approximate surface area is 262 Å². The van der Waals surface area contributed by atoms with Crippen LogP contribution < -0.4 is 0 Å². The largest absolute Gasteiger partial charge is 0.376 e. The summed E-state index contributed by atoms with van der Waals surface area (Å²) in [5.74, 6) is -0.769. The maximum absolute atomic E-state index is 11.3. The first-order valence-electron chi connectivity index (χ1n) is 10.2. The Morgan fingerprint density at radius 2 is 0.725 bits per heavy atom. The zero-order valence-electron chi connectivity index (χ0n) is 22.2. The van der Waals surface area contributed by atoms with E-state index >= 15 is 0 Å². The van der Waals surface area contributed by atoms with Crippen molar-refractivity contribution in [3.63, 3.8) is 0 Å². The summed E-state index contributed by atoms with van der Waals surface area (Å²) in [6.07, 6.45) is 6.71. The average Bonchev–Trinajstić information content (AvgIpc) is 2.76. The molecule has 23 heteroatoms. The molecule has 0 fully saturated rings. The zero-order chi connectivity index (χ0) is 30.6. The minimum atomic E-state index is -3.35. The molecule has 0 aromatic rings. The highest BCUT2D eigenvalue weighted by Gasteiger charge is 2.17. The van der Waals surface area contributed by atoms with Crippen LogP contribution in [0.1, 0.15) is 7.43 Å². The van der Waals surface area contributed by atoms with E-state index in [0.29, 0.717) is 43.2 Å². The summed E-state index contributed by atoms with van der Waals surface area (Å²) in [5.41, 5.74) is 0. The Morgan fingerprint density at radius 1 is 0.475 bits per heavy atom. The van der Waals surface area contributed by atoms with Crippen molar-refractivity contribution < 1.29 is 57.4 Å². The molecule has 0 aromatic heterocycles. The summed E-state index contributed by atoms with van der Waals surface area (Å²) >= 11 is 0. The Bertz CT molecular complexity index is 964. The van der Waals surface area contributed by atoms with Crippen LogP contribution in [0.5, 0.6) is 0 Å². The van der Waals surface area contributed by atoms with Gasteiger partial charge in [-0.3, -0.25) is 0 Å². The van der Waals surface area contributed by atoms with E-state index in [2.05, 4.69) is 12.5 Å². The third kappa shape index (κ3) is 39.7. The van der Waals surface area contributed by atoms with Crippen LogP contribution in [0.4, 0.5) is 0 Å². The highest BCUT2D eigenvalue weighted by molar-refractivity contribution is 8.76. The molecule has 0 amide bonds. The number of ether oxygens (including phenoxy) is 5. The second-order valence-electron chi connectivity index (χ2n) is 6.95. The molecule has 13 nitrogen and oxygen atoms in total. The van der Waals surface area contributed by atoms with Gasteiger partial charge in [-0.15, -0.1) is 0 Å². The van der Waals surface area contributed by atoms with Gasteiger partial charge in [-0.25, -0.2) is 33.7 Å². The lowest BCUT2D eigenvalue weighted by atomic mass is 10.4. The molecule has 0 aliphatic rings. The summed E-state index contributed by atoms with van der Waals surface area (Å²) in [5, 5.41) is 0. The maximum Gasteiger partial charge on any atom is 0.200 e. The molecule has 0 aromatic carbocycles. The van der Waals surface area contributed by atoms with E-state index in [1.807, 2.05) is 0 Å². The van der Waals surface area contributed by atoms with Gasteiger partial charge >= 0.3 is 0 Å². The highest BCUT2D eigenvalue weighted by atomic mass is 33.2. The summed E-state index contributed by atoms with van der Waals surface area (Å²) < 4.78 is 117. The predicted octanol–water partition coefficient (Wildman–Crippen LogP) is 2.67. The molecule has 0 heterocycles. The lowest BCUT2D eigenvalue weighted by molar-refractivity contribution is -0.0755. The molecule has 40 heavy (non-hydrogen) atoms. The third-order valence-electron chi connectivity index (χ3n) is 3.20. The Kier molecular flexibility index (Phi) is 28.8. The van der Waals surface area contributed by atoms with Crippen LogP contribution in [0.2, 0.25) is 0 Å². The molecule has 0 N–H and O–H groups in total. The Balaban J connectivity index is -0.00000255. The molecule has 2 unspecified atom stereocenters. The Morgan fingerprint density at radius 3 is 0.975 bits per heavy atom. The molecule has 0 aliphatic heterocycles. The van der Waals surface area contributed by atoms with Crippen molar-refractivity contribution in [1.29, 1.82) is 0 Å². The predicted molar refractivity (Wildman–Crippen MR) is 175 cm³/mol. The van der Waals surface area contributed by atoms with Gasteiger partial charge in [-0.2, -0.15) is 0 Å². The van der Waals surface area contributed by atoms with Crippen LogP contribution in [0.15, 0.2) is 0 Å². The number of hydrogen-bond donors (Lipinski definition) is 0. The molecule has 0 radical (unpaired) electrons.